The molecule has 21 heavy (non-hydrogen) atoms. The van der Waals surface area contributed by atoms with Crippen LogP contribution in [-0.4, -0.2) is 27.3 Å². The first kappa shape index (κ1) is 14.3. The van der Waals surface area contributed by atoms with E-state index in [1.165, 1.54) is 11.3 Å². The van der Waals surface area contributed by atoms with Crippen molar-refractivity contribution in [1.29, 1.82) is 0 Å². The fourth-order valence-electron chi connectivity index (χ4n) is 2.99. The lowest BCUT2D eigenvalue weighted by atomic mass is 10.0. The molecule has 5 heteroatoms. The molecule has 0 unspecified atom stereocenters. The summed E-state index contributed by atoms with van der Waals surface area (Å²) < 4.78 is 0. The van der Waals surface area contributed by atoms with E-state index in [9.17, 15) is 4.79 Å². The standard InChI is InChI=1S/C16H21N3OS/c20-15(8-3-5-13-6-4-12-21-13)19-11-2-1-7-14(19)16-17-9-10-18-16/h4,6,9-10,12,14H,1-3,5,7-8,11H2,(H,17,18)/t14-/m1/s1. The molecule has 1 saturated heterocycles. The molecular formula is C16H21N3OS. The Morgan fingerprint density at radius 3 is 3.19 bits per heavy atom. The van der Waals surface area contributed by atoms with Crippen molar-refractivity contribution in [2.45, 2.75) is 44.6 Å². The van der Waals surface area contributed by atoms with Crippen LogP contribution in [-0.2, 0) is 11.2 Å². The predicted molar refractivity (Wildman–Crippen MR) is 84.1 cm³/mol. The maximum absolute atomic E-state index is 12.5. The molecule has 1 amide bonds. The monoisotopic (exact) mass is 303 g/mol. The van der Waals surface area contributed by atoms with Gasteiger partial charge in [-0.25, -0.2) is 4.98 Å². The van der Waals surface area contributed by atoms with E-state index in [2.05, 4.69) is 27.5 Å². The summed E-state index contributed by atoms with van der Waals surface area (Å²) in [6.07, 6.45) is 9.47. The van der Waals surface area contributed by atoms with Crippen molar-refractivity contribution < 1.29 is 4.79 Å². The van der Waals surface area contributed by atoms with Gasteiger partial charge >= 0.3 is 0 Å². The predicted octanol–water partition coefficient (Wildman–Crippen LogP) is 3.55. The highest BCUT2D eigenvalue weighted by molar-refractivity contribution is 7.09. The minimum atomic E-state index is 0.142. The zero-order valence-corrected chi connectivity index (χ0v) is 12.9. The van der Waals surface area contributed by atoms with Gasteiger partial charge in [0.2, 0.25) is 5.91 Å². The topological polar surface area (TPSA) is 49.0 Å². The average molecular weight is 303 g/mol. The van der Waals surface area contributed by atoms with E-state index < -0.39 is 0 Å². The Balaban J connectivity index is 1.56. The fraction of sp³-hybridized carbons (Fsp3) is 0.500. The van der Waals surface area contributed by atoms with Gasteiger partial charge in [-0.1, -0.05) is 6.07 Å². The van der Waals surface area contributed by atoms with Crippen LogP contribution in [0.25, 0.3) is 0 Å². The summed E-state index contributed by atoms with van der Waals surface area (Å²) in [6, 6.07) is 4.35. The van der Waals surface area contributed by atoms with Gasteiger partial charge < -0.3 is 9.88 Å². The minimum Gasteiger partial charge on any atom is -0.347 e. The number of imidazole rings is 1. The third-order valence-electron chi connectivity index (χ3n) is 4.05. The Hall–Kier alpha value is -1.62. The summed E-state index contributed by atoms with van der Waals surface area (Å²) in [5, 5.41) is 2.09. The molecule has 1 fully saturated rings. The molecule has 112 valence electrons. The number of amides is 1. The van der Waals surface area contributed by atoms with Gasteiger partial charge in [0.25, 0.3) is 0 Å². The van der Waals surface area contributed by atoms with Gasteiger partial charge in [-0.05, 0) is 43.6 Å². The molecule has 3 heterocycles. The molecule has 0 saturated carbocycles. The molecule has 1 aliphatic rings. The van der Waals surface area contributed by atoms with Crippen molar-refractivity contribution in [3.8, 4) is 0 Å². The lowest BCUT2D eigenvalue weighted by molar-refractivity contribution is -0.135. The molecule has 2 aromatic heterocycles. The van der Waals surface area contributed by atoms with E-state index in [4.69, 9.17) is 0 Å². The number of aromatic nitrogens is 2. The summed E-state index contributed by atoms with van der Waals surface area (Å²) >= 11 is 1.77. The quantitative estimate of drug-likeness (QED) is 0.918. The second kappa shape index (κ2) is 6.89. The van der Waals surface area contributed by atoms with E-state index in [1.807, 2.05) is 11.1 Å². The van der Waals surface area contributed by atoms with Gasteiger partial charge in [-0.3, -0.25) is 4.79 Å². The van der Waals surface area contributed by atoms with Crippen LogP contribution < -0.4 is 0 Å². The van der Waals surface area contributed by atoms with Gasteiger partial charge in [0.05, 0.1) is 6.04 Å². The molecule has 0 aromatic carbocycles. The highest BCUT2D eigenvalue weighted by atomic mass is 32.1. The molecule has 3 rings (SSSR count). The Labute approximate surface area is 129 Å². The van der Waals surface area contributed by atoms with Gasteiger partial charge in [0.15, 0.2) is 0 Å². The summed E-state index contributed by atoms with van der Waals surface area (Å²) in [5.41, 5.74) is 0. The van der Waals surface area contributed by atoms with Crippen molar-refractivity contribution in [2.24, 2.45) is 0 Å². The van der Waals surface area contributed by atoms with E-state index >= 15 is 0 Å². The van der Waals surface area contributed by atoms with Gasteiger partial charge in [-0.2, -0.15) is 0 Å². The second-order valence-corrected chi connectivity index (χ2v) is 6.54. The third kappa shape index (κ3) is 3.53. The number of aryl methyl sites for hydroxylation is 1. The van der Waals surface area contributed by atoms with E-state index in [0.717, 1.165) is 38.1 Å². The normalized spacial score (nSPS) is 18.9. The fourth-order valence-corrected chi connectivity index (χ4v) is 3.74. The summed E-state index contributed by atoms with van der Waals surface area (Å²) in [7, 11) is 0. The highest BCUT2D eigenvalue weighted by Crippen LogP contribution is 2.29. The van der Waals surface area contributed by atoms with Crippen molar-refractivity contribution >= 4 is 17.2 Å². The number of nitrogens with one attached hydrogen (secondary N) is 1. The molecule has 1 N–H and O–H groups in total. The van der Waals surface area contributed by atoms with Crippen LogP contribution in [0.5, 0.6) is 0 Å². The second-order valence-electron chi connectivity index (χ2n) is 5.51. The number of thiophene rings is 1. The number of rotatable bonds is 5. The van der Waals surface area contributed by atoms with Crippen LogP contribution >= 0.6 is 11.3 Å². The zero-order valence-electron chi connectivity index (χ0n) is 12.1. The molecule has 1 aliphatic heterocycles. The minimum absolute atomic E-state index is 0.142. The number of carbonyl (C=O) groups is 1. The van der Waals surface area contributed by atoms with Gasteiger partial charge in [0.1, 0.15) is 5.82 Å². The Morgan fingerprint density at radius 1 is 1.48 bits per heavy atom. The number of H-pyrrole nitrogens is 1. The van der Waals surface area contributed by atoms with E-state index in [1.54, 1.807) is 17.5 Å². The highest BCUT2D eigenvalue weighted by Gasteiger charge is 2.28. The number of piperidine rings is 1. The molecule has 1 atom stereocenters. The number of hydrogen-bond acceptors (Lipinski definition) is 3. The van der Waals surface area contributed by atoms with Crippen LogP contribution in [0.2, 0.25) is 0 Å². The molecule has 2 aromatic rings. The van der Waals surface area contributed by atoms with Crippen molar-refractivity contribution in [3.63, 3.8) is 0 Å². The molecule has 0 aliphatic carbocycles. The third-order valence-corrected chi connectivity index (χ3v) is 4.99. The largest absolute Gasteiger partial charge is 0.347 e. The summed E-state index contributed by atoms with van der Waals surface area (Å²) in [4.78, 5) is 23.4. The molecule has 0 radical (unpaired) electrons. The molecule has 0 bridgehead atoms. The first-order chi connectivity index (χ1) is 10.3. The van der Waals surface area contributed by atoms with Gasteiger partial charge in [0, 0.05) is 30.2 Å². The molecule has 4 nitrogen and oxygen atoms in total. The van der Waals surface area contributed by atoms with Crippen LogP contribution in [0.1, 0.15) is 48.8 Å². The summed E-state index contributed by atoms with van der Waals surface area (Å²) in [5.74, 6) is 1.20. The maximum Gasteiger partial charge on any atom is 0.223 e. The molecule has 0 spiro atoms. The Kier molecular flexibility index (Phi) is 4.70. The Bertz CT molecular complexity index is 550. The van der Waals surface area contributed by atoms with Crippen LogP contribution in [0.15, 0.2) is 29.9 Å². The number of hydrogen-bond donors (Lipinski definition) is 1. The first-order valence-electron chi connectivity index (χ1n) is 7.66. The summed E-state index contributed by atoms with van der Waals surface area (Å²) in [6.45, 7) is 0.864. The smallest absolute Gasteiger partial charge is 0.223 e. The number of carbonyl (C=O) groups excluding carboxylic acids is 1. The average Bonchev–Trinajstić information content (AvgIpc) is 3.20. The molecular weight excluding hydrogens is 282 g/mol. The van der Waals surface area contributed by atoms with Crippen LogP contribution in [0, 0.1) is 0 Å². The first-order valence-corrected chi connectivity index (χ1v) is 8.53. The van der Waals surface area contributed by atoms with Crippen molar-refractivity contribution in [2.75, 3.05) is 6.54 Å². The van der Waals surface area contributed by atoms with Crippen LogP contribution in [0.4, 0.5) is 0 Å². The lowest BCUT2D eigenvalue weighted by Gasteiger charge is -2.34. The van der Waals surface area contributed by atoms with Crippen molar-refractivity contribution in [3.05, 3.63) is 40.6 Å². The van der Waals surface area contributed by atoms with Gasteiger partial charge in [-0.15, -0.1) is 11.3 Å². The SMILES string of the molecule is O=C(CCCc1cccs1)N1CCCC[C@@H]1c1ncc[nH]1. The van der Waals surface area contributed by atoms with Crippen LogP contribution in [0.3, 0.4) is 0 Å². The van der Waals surface area contributed by atoms with E-state index in [0.29, 0.717) is 6.42 Å². The Morgan fingerprint density at radius 2 is 2.43 bits per heavy atom. The van der Waals surface area contributed by atoms with Crippen molar-refractivity contribution in [1.82, 2.24) is 14.9 Å². The maximum atomic E-state index is 12.5. The number of nitrogens with zero attached hydrogens (tertiary/aromatic N) is 2. The number of likely N-dealkylation sites (tertiary alicyclic amines) is 1. The number of aromatic amines is 1. The zero-order chi connectivity index (χ0) is 14.5. The lowest BCUT2D eigenvalue weighted by Crippen LogP contribution is -2.38. The van der Waals surface area contributed by atoms with E-state index in [-0.39, 0.29) is 11.9 Å².